The Bertz CT molecular complexity index is 269. The molecular weight excluding hydrogens is 204 g/mol. The zero-order valence-corrected chi connectivity index (χ0v) is 10.5. The van der Waals surface area contributed by atoms with Crippen LogP contribution in [-0.4, -0.2) is 23.3 Å². The summed E-state index contributed by atoms with van der Waals surface area (Å²) in [6.07, 6.45) is 7.14. The molecule has 0 spiro atoms. The molecule has 0 radical (unpaired) electrons. The Balaban J connectivity index is 2.58. The lowest BCUT2D eigenvalue weighted by Gasteiger charge is -2.40. The fourth-order valence-electron chi connectivity index (χ4n) is 1.86. The summed E-state index contributed by atoms with van der Waals surface area (Å²) in [5.74, 6) is -0.0890. The summed E-state index contributed by atoms with van der Waals surface area (Å²) in [4.78, 5) is 12.0. The monoisotopic (exact) mass is 226 g/mol. The molecule has 0 amide bonds. The molecule has 0 atom stereocenters. The van der Waals surface area contributed by atoms with Crippen LogP contribution in [0.25, 0.3) is 0 Å². The van der Waals surface area contributed by atoms with Crippen LogP contribution in [0.2, 0.25) is 0 Å². The molecule has 0 aromatic carbocycles. The predicted molar refractivity (Wildman–Crippen MR) is 63.0 cm³/mol. The van der Waals surface area contributed by atoms with E-state index < -0.39 is 5.60 Å². The van der Waals surface area contributed by atoms with Gasteiger partial charge in [-0.05, 0) is 40.0 Å². The number of hydrogen-bond acceptors (Lipinski definition) is 3. The van der Waals surface area contributed by atoms with E-state index >= 15 is 0 Å². The van der Waals surface area contributed by atoms with Crippen LogP contribution in [0, 0.1) is 5.41 Å². The van der Waals surface area contributed by atoms with Gasteiger partial charge in [-0.25, -0.2) is 0 Å². The molecule has 0 heterocycles. The number of aliphatic hydroxyl groups excluding tert-OH is 1. The van der Waals surface area contributed by atoms with Gasteiger partial charge in [0.05, 0.1) is 12.0 Å². The zero-order valence-electron chi connectivity index (χ0n) is 10.5. The molecule has 1 saturated carbocycles. The van der Waals surface area contributed by atoms with Crippen molar-refractivity contribution in [1.29, 1.82) is 0 Å². The molecule has 0 unspecified atom stereocenters. The smallest absolute Gasteiger partial charge is 0.312 e. The Labute approximate surface area is 97.5 Å². The molecule has 3 nitrogen and oxygen atoms in total. The number of carbonyl (C=O) groups is 1. The Morgan fingerprint density at radius 1 is 1.38 bits per heavy atom. The van der Waals surface area contributed by atoms with Gasteiger partial charge in [-0.2, -0.15) is 0 Å². The van der Waals surface area contributed by atoms with Crippen molar-refractivity contribution >= 4 is 5.97 Å². The van der Waals surface area contributed by atoms with Gasteiger partial charge in [0.1, 0.15) is 5.60 Å². The predicted octanol–water partition coefficient (Wildman–Crippen LogP) is 2.44. The fraction of sp³-hybridized carbons (Fsp3) is 0.769. The molecule has 1 aliphatic carbocycles. The molecule has 3 heteroatoms. The third-order valence-electron chi connectivity index (χ3n) is 2.92. The molecule has 0 aromatic heterocycles. The Morgan fingerprint density at radius 2 is 2.00 bits per heavy atom. The van der Waals surface area contributed by atoms with Crippen LogP contribution >= 0.6 is 0 Å². The van der Waals surface area contributed by atoms with Gasteiger partial charge >= 0.3 is 5.97 Å². The molecular formula is C13H22O3. The Morgan fingerprint density at radius 3 is 2.38 bits per heavy atom. The van der Waals surface area contributed by atoms with Crippen molar-refractivity contribution in [3.63, 3.8) is 0 Å². The third-order valence-corrected chi connectivity index (χ3v) is 2.92. The maximum atomic E-state index is 12.0. The molecule has 0 saturated heterocycles. The number of hydrogen-bond donors (Lipinski definition) is 1. The van der Waals surface area contributed by atoms with E-state index in [2.05, 4.69) is 0 Å². The average molecular weight is 226 g/mol. The van der Waals surface area contributed by atoms with E-state index in [-0.39, 0.29) is 18.0 Å². The molecule has 1 N–H and O–H groups in total. The number of ether oxygens (including phenoxy) is 1. The van der Waals surface area contributed by atoms with E-state index in [1.165, 1.54) is 0 Å². The highest BCUT2D eigenvalue weighted by Crippen LogP contribution is 2.46. The van der Waals surface area contributed by atoms with Crippen molar-refractivity contribution in [3.8, 4) is 0 Å². The minimum absolute atomic E-state index is 0.0321. The first-order valence-electron chi connectivity index (χ1n) is 5.89. The molecule has 16 heavy (non-hydrogen) atoms. The third kappa shape index (κ3) is 3.34. The second-order valence-electron chi connectivity index (χ2n) is 5.49. The lowest BCUT2D eigenvalue weighted by atomic mass is 9.66. The van der Waals surface area contributed by atoms with Gasteiger partial charge in [-0.15, -0.1) is 0 Å². The molecule has 1 aliphatic rings. The van der Waals surface area contributed by atoms with E-state index in [9.17, 15) is 4.79 Å². The highest BCUT2D eigenvalue weighted by Gasteiger charge is 2.45. The largest absolute Gasteiger partial charge is 0.460 e. The summed E-state index contributed by atoms with van der Waals surface area (Å²) in [6, 6.07) is 0. The van der Waals surface area contributed by atoms with Crippen LogP contribution in [0.15, 0.2) is 12.2 Å². The second-order valence-corrected chi connectivity index (χ2v) is 5.49. The fourth-order valence-corrected chi connectivity index (χ4v) is 1.86. The molecule has 0 aromatic rings. The van der Waals surface area contributed by atoms with Crippen molar-refractivity contribution in [2.24, 2.45) is 5.41 Å². The lowest BCUT2D eigenvalue weighted by Crippen LogP contribution is -2.42. The van der Waals surface area contributed by atoms with Gasteiger partial charge in [-0.3, -0.25) is 4.79 Å². The van der Waals surface area contributed by atoms with Gasteiger partial charge in [0.2, 0.25) is 0 Å². The van der Waals surface area contributed by atoms with Crippen LogP contribution in [0.1, 0.15) is 46.5 Å². The topological polar surface area (TPSA) is 46.5 Å². The summed E-state index contributed by atoms with van der Waals surface area (Å²) in [7, 11) is 0. The molecule has 92 valence electrons. The van der Waals surface area contributed by atoms with E-state index in [1.54, 1.807) is 6.08 Å². The summed E-state index contributed by atoms with van der Waals surface area (Å²) >= 11 is 0. The van der Waals surface area contributed by atoms with Crippen molar-refractivity contribution in [2.45, 2.75) is 52.1 Å². The highest BCUT2D eigenvalue weighted by molar-refractivity contribution is 5.78. The van der Waals surface area contributed by atoms with Gasteiger partial charge in [0.25, 0.3) is 0 Å². The first kappa shape index (κ1) is 13.2. The quantitative estimate of drug-likeness (QED) is 0.591. The van der Waals surface area contributed by atoms with Crippen LogP contribution < -0.4 is 0 Å². The minimum atomic E-state index is -0.416. The SMILES string of the molecule is CC(C)(C)OC(=O)C1(C/C=C/CO)CCC1. The van der Waals surface area contributed by atoms with Crippen LogP contribution in [0.4, 0.5) is 0 Å². The van der Waals surface area contributed by atoms with Gasteiger partial charge in [-0.1, -0.05) is 18.6 Å². The minimum Gasteiger partial charge on any atom is -0.460 e. The van der Waals surface area contributed by atoms with Crippen molar-refractivity contribution in [3.05, 3.63) is 12.2 Å². The maximum absolute atomic E-state index is 12.0. The molecule has 1 fully saturated rings. The summed E-state index contributed by atoms with van der Waals surface area (Å²) in [5, 5.41) is 8.68. The maximum Gasteiger partial charge on any atom is 0.312 e. The number of allylic oxidation sites excluding steroid dienone is 1. The van der Waals surface area contributed by atoms with Crippen LogP contribution in [-0.2, 0) is 9.53 Å². The number of aliphatic hydroxyl groups is 1. The zero-order chi connectivity index (χ0) is 12.2. The number of rotatable bonds is 4. The standard InChI is InChI=1S/C13H22O3/c1-12(2,3)16-11(15)13(8-6-9-13)7-4-5-10-14/h4-5,14H,6-10H2,1-3H3/b5-4+. The van der Waals surface area contributed by atoms with Crippen LogP contribution in [0.3, 0.4) is 0 Å². The van der Waals surface area contributed by atoms with Gasteiger partial charge in [0.15, 0.2) is 0 Å². The van der Waals surface area contributed by atoms with Gasteiger partial charge in [0, 0.05) is 0 Å². The highest BCUT2D eigenvalue weighted by atomic mass is 16.6. The average Bonchev–Trinajstić information content (AvgIpc) is 2.06. The van der Waals surface area contributed by atoms with E-state index in [1.807, 2.05) is 26.8 Å². The molecule has 0 aliphatic heterocycles. The number of esters is 1. The van der Waals surface area contributed by atoms with E-state index in [0.29, 0.717) is 6.42 Å². The molecule has 1 rings (SSSR count). The van der Waals surface area contributed by atoms with Gasteiger partial charge < -0.3 is 9.84 Å². The van der Waals surface area contributed by atoms with Crippen LogP contribution in [0.5, 0.6) is 0 Å². The summed E-state index contributed by atoms with van der Waals surface area (Å²) in [5.41, 5.74) is -0.737. The van der Waals surface area contributed by atoms with E-state index in [4.69, 9.17) is 9.84 Å². The summed E-state index contributed by atoms with van der Waals surface area (Å²) in [6.45, 7) is 5.70. The van der Waals surface area contributed by atoms with Crippen molar-refractivity contribution in [1.82, 2.24) is 0 Å². The second kappa shape index (κ2) is 5.00. The summed E-state index contributed by atoms with van der Waals surface area (Å²) < 4.78 is 5.44. The Kier molecular flexibility index (Phi) is 4.14. The lowest BCUT2D eigenvalue weighted by molar-refractivity contribution is -0.173. The van der Waals surface area contributed by atoms with Crippen molar-refractivity contribution in [2.75, 3.05) is 6.61 Å². The Hall–Kier alpha value is -0.830. The van der Waals surface area contributed by atoms with E-state index in [0.717, 1.165) is 19.3 Å². The van der Waals surface area contributed by atoms with Crippen molar-refractivity contribution < 1.29 is 14.6 Å². The number of carbonyl (C=O) groups excluding carboxylic acids is 1. The molecule has 0 bridgehead atoms. The first-order valence-corrected chi connectivity index (χ1v) is 5.89. The normalized spacial score (nSPS) is 19.5. The first-order chi connectivity index (χ1) is 7.40.